The summed E-state index contributed by atoms with van der Waals surface area (Å²) in [6.07, 6.45) is 2.25. The van der Waals surface area contributed by atoms with Gasteiger partial charge in [-0.15, -0.1) is 24.0 Å². The van der Waals surface area contributed by atoms with E-state index in [-0.39, 0.29) is 24.0 Å². The molecule has 0 spiro atoms. The third-order valence-electron chi connectivity index (χ3n) is 5.13. The fourth-order valence-electron chi connectivity index (χ4n) is 3.55. The summed E-state index contributed by atoms with van der Waals surface area (Å²) in [5.41, 5.74) is 2.55. The van der Waals surface area contributed by atoms with Crippen molar-refractivity contribution in [2.45, 2.75) is 38.9 Å². The van der Waals surface area contributed by atoms with E-state index in [1.54, 1.807) is 18.4 Å². The van der Waals surface area contributed by atoms with Crippen molar-refractivity contribution in [2.24, 2.45) is 4.99 Å². The monoisotopic (exact) mass is 544 g/mol. The first-order valence-electron chi connectivity index (χ1n) is 10.2. The summed E-state index contributed by atoms with van der Waals surface area (Å²) in [7, 11) is 3.48. The molecule has 0 bridgehead atoms. The molecule has 1 aliphatic rings. The van der Waals surface area contributed by atoms with Gasteiger partial charge in [-0.25, -0.2) is 0 Å². The van der Waals surface area contributed by atoms with Crippen LogP contribution >= 0.6 is 35.3 Å². The lowest BCUT2D eigenvalue weighted by atomic mass is 10.0. The van der Waals surface area contributed by atoms with Crippen LogP contribution in [0.5, 0.6) is 11.5 Å². The lowest BCUT2D eigenvalue weighted by Crippen LogP contribution is -2.48. The second-order valence-electron chi connectivity index (χ2n) is 7.17. The van der Waals surface area contributed by atoms with Gasteiger partial charge < -0.3 is 20.1 Å². The highest BCUT2D eigenvalue weighted by atomic mass is 127. The molecule has 0 aliphatic carbocycles. The van der Waals surface area contributed by atoms with E-state index in [2.05, 4.69) is 37.4 Å². The number of halogens is 1. The molecule has 3 rings (SSSR count). The third kappa shape index (κ3) is 7.31. The van der Waals surface area contributed by atoms with Crippen LogP contribution in [0.1, 0.15) is 30.9 Å². The van der Waals surface area contributed by atoms with Crippen LogP contribution in [-0.4, -0.2) is 50.8 Å². The van der Waals surface area contributed by atoms with E-state index in [4.69, 9.17) is 9.47 Å². The fourth-order valence-corrected chi connectivity index (χ4v) is 4.21. The average Bonchev–Trinajstić information content (AvgIpc) is 3.26. The van der Waals surface area contributed by atoms with Crippen molar-refractivity contribution in [1.82, 2.24) is 15.5 Å². The normalized spacial score (nSPS) is 15.4. The molecule has 1 aliphatic heterocycles. The number of likely N-dealkylation sites (tertiary alicyclic amines) is 1. The van der Waals surface area contributed by atoms with Gasteiger partial charge in [-0.2, -0.15) is 11.3 Å². The Labute approximate surface area is 201 Å². The van der Waals surface area contributed by atoms with Crippen molar-refractivity contribution in [1.29, 1.82) is 0 Å². The maximum atomic E-state index is 5.67. The molecular formula is C22H33IN4O2S. The van der Waals surface area contributed by atoms with Gasteiger partial charge in [-0.3, -0.25) is 9.89 Å². The molecule has 6 nitrogen and oxygen atoms in total. The summed E-state index contributed by atoms with van der Waals surface area (Å²) in [4.78, 5) is 6.93. The van der Waals surface area contributed by atoms with E-state index in [9.17, 15) is 0 Å². The number of aliphatic imine (C=N–C) groups is 1. The number of methoxy groups -OCH3 is 1. The zero-order valence-corrected chi connectivity index (χ0v) is 21.2. The van der Waals surface area contributed by atoms with Gasteiger partial charge in [0.25, 0.3) is 0 Å². The SMILES string of the molecule is CCOc1cc(CNC(=NC)NC2CCN(Cc3ccsc3)CC2)ccc1OC.I. The second kappa shape index (κ2) is 13.0. The highest BCUT2D eigenvalue weighted by molar-refractivity contribution is 14.0. The van der Waals surface area contributed by atoms with Crippen molar-refractivity contribution in [2.75, 3.05) is 33.9 Å². The summed E-state index contributed by atoms with van der Waals surface area (Å²) >= 11 is 1.77. The van der Waals surface area contributed by atoms with Crippen molar-refractivity contribution in [3.05, 3.63) is 46.2 Å². The predicted molar refractivity (Wildman–Crippen MR) is 136 cm³/mol. The third-order valence-corrected chi connectivity index (χ3v) is 5.86. The Hall–Kier alpha value is -1.52. The number of ether oxygens (including phenoxy) is 2. The topological polar surface area (TPSA) is 58.1 Å². The van der Waals surface area contributed by atoms with Crippen LogP contribution < -0.4 is 20.1 Å². The largest absolute Gasteiger partial charge is 0.493 e. The van der Waals surface area contributed by atoms with Crippen LogP contribution in [0, 0.1) is 0 Å². The maximum Gasteiger partial charge on any atom is 0.191 e. The Morgan fingerprint density at radius 1 is 1.20 bits per heavy atom. The van der Waals surface area contributed by atoms with E-state index in [1.165, 1.54) is 5.56 Å². The summed E-state index contributed by atoms with van der Waals surface area (Å²) in [6, 6.07) is 8.68. The lowest BCUT2D eigenvalue weighted by Gasteiger charge is -2.33. The number of rotatable bonds is 8. The molecule has 2 heterocycles. The van der Waals surface area contributed by atoms with Crippen molar-refractivity contribution < 1.29 is 9.47 Å². The number of thiophene rings is 1. The zero-order chi connectivity index (χ0) is 20.5. The summed E-state index contributed by atoms with van der Waals surface area (Å²) in [6.45, 7) is 6.55. The van der Waals surface area contributed by atoms with Gasteiger partial charge in [0.1, 0.15) is 0 Å². The molecule has 1 saturated heterocycles. The number of nitrogens with zero attached hydrogens (tertiary/aromatic N) is 2. The van der Waals surface area contributed by atoms with Crippen molar-refractivity contribution in [3.8, 4) is 11.5 Å². The van der Waals surface area contributed by atoms with Crippen LogP contribution in [0.4, 0.5) is 0 Å². The Morgan fingerprint density at radius 2 is 2.00 bits per heavy atom. The molecule has 1 aromatic carbocycles. The number of benzene rings is 1. The Morgan fingerprint density at radius 3 is 2.63 bits per heavy atom. The summed E-state index contributed by atoms with van der Waals surface area (Å²) in [5, 5.41) is 11.4. The van der Waals surface area contributed by atoms with Gasteiger partial charge in [0, 0.05) is 39.3 Å². The van der Waals surface area contributed by atoms with Gasteiger partial charge in [0.15, 0.2) is 17.5 Å². The van der Waals surface area contributed by atoms with Crippen LogP contribution in [0.2, 0.25) is 0 Å². The smallest absolute Gasteiger partial charge is 0.191 e. The average molecular weight is 545 g/mol. The van der Waals surface area contributed by atoms with E-state index in [0.29, 0.717) is 19.2 Å². The molecule has 0 radical (unpaired) electrons. The van der Waals surface area contributed by atoms with Crippen LogP contribution in [0.3, 0.4) is 0 Å². The molecular weight excluding hydrogens is 511 g/mol. The zero-order valence-electron chi connectivity index (χ0n) is 18.0. The molecule has 0 unspecified atom stereocenters. The lowest BCUT2D eigenvalue weighted by molar-refractivity contribution is 0.198. The summed E-state index contributed by atoms with van der Waals surface area (Å²) < 4.78 is 11.0. The number of hydrogen-bond acceptors (Lipinski definition) is 5. The van der Waals surface area contributed by atoms with E-state index >= 15 is 0 Å². The fraction of sp³-hybridized carbons (Fsp3) is 0.500. The van der Waals surface area contributed by atoms with E-state index in [0.717, 1.165) is 55.5 Å². The minimum absolute atomic E-state index is 0. The van der Waals surface area contributed by atoms with Gasteiger partial charge in [0.05, 0.1) is 13.7 Å². The number of nitrogens with one attached hydrogen (secondary N) is 2. The molecule has 0 atom stereocenters. The van der Waals surface area contributed by atoms with E-state index in [1.807, 2.05) is 32.2 Å². The molecule has 1 aromatic heterocycles. The molecule has 8 heteroatoms. The first-order valence-corrected chi connectivity index (χ1v) is 11.2. The van der Waals surface area contributed by atoms with Gasteiger partial charge in [-0.1, -0.05) is 6.07 Å². The first-order chi connectivity index (χ1) is 14.2. The second-order valence-corrected chi connectivity index (χ2v) is 7.95. The highest BCUT2D eigenvalue weighted by Gasteiger charge is 2.20. The van der Waals surface area contributed by atoms with Gasteiger partial charge in [0.2, 0.25) is 0 Å². The Balaban J connectivity index is 0.00000320. The molecule has 166 valence electrons. The molecule has 0 amide bonds. The van der Waals surface area contributed by atoms with Crippen LogP contribution in [0.25, 0.3) is 0 Å². The Kier molecular flexibility index (Phi) is 10.7. The predicted octanol–water partition coefficient (Wildman–Crippen LogP) is 4.10. The minimum atomic E-state index is 0. The molecule has 0 saturated carbocycles. The molecule has 30 heavy (non-hydrogen) atoms. The van der Waals surface area contributed by atoms with Crippen molar-refractivity contribution in [3.63, 3.8) is 0 Å². The Bertz CT molecular complexity index is 777. The first kappa shape index (κ1) is 24.7. The van der Waals surface area contributed by atoms with E-state index < -0.39 is 0 Å². The molecule has 2 aromatic rings. The molecule has 1 fully saturated rings. The quantitative estimate of drug-likeness (QED) is 0.298. The minimum Gasteiger partial charge on any atom is -0.493 e. The number of hydrogen-bond donors (Lipinski definition) is 2. The molecule has 2 N–H and O–H groups in total. The maximum absolute atomic E-state index is 5.67. The summed E-state index contributed by atoms with van der Waals surface area (Å²) in [5.74, 6) is 2.37. The van der Waals surface area contributed by atoms with Crippen LogP contribution in [-0.2, 0) is 13.1 Å². The number of guanidine groups is 1. The number of piperidine rings is 1. The van der Waals surface area contributed by atoms with Gasteiger partial charge in [-0.05, 0) is 59.9 Å². The highest BCUT2D eigenvalue weighted by Crippen LogP contribution is 2.28. The van der Waals surface area contributed by atoms with Gasteiger partial charge >= 0.3 is 0 Å². The van der Waals surface area contributed by atoms with Crippen LogP contribution in [0.15, 0.2) is 40.0 Å². The van der Waals surface area contributed by atoms with Crippen molar-refractivity contribution >= 4 is 41.3 Å². The standard InChI is InChI=1S/C22H32N4O2S.HI/c1-4-28-21-13-17(5-6-20(21)27-3)14-24-22(23-2)25-19-7-10-26(11-8-19)15-18-9-12-29-16-18;/h5-6,9,12-13,16,19H,4,7-8,10-11,14-15H2,1-3H3,(H2,23,24,25);1H.